The first-order chi connectivity index (χ1) is 16.5. The summed E-state index contributed by atoms with van der Waals surface area (Å²) in [5.74, 6) is 1.63. The van der Waals surface area contributed by atoms with Crippen LogP contribution in [0.3, 0.4) is 0 Å². The van der Waals surface area contributed by atoms with Crippen LogP contribution in [0, 0.1) is 6.92 Å². The Hall–Kier alpha value is -3.68. The van der Waals surface area contributed by atoms with Gasteiger partial charge in [0, 0.05) is 71.6 Å². The van der Waals surface area contributed by atoms with Gasteiger partial charge in [-0.1, -0.05) is 6.07 Å². The maximum atomic E-state index is 6.13. The predicted molar refractivity (Wildman–Crippen MR) is 135 cm³/mol. The highest BCUT2D eigenvalue weighted by atomic mass is 16.5. The molecule has 0 aliphatic carbocycles. The third kappa shape index (κ3) is 4.53. The summed E-state index contributed by atoms with van der Waals surface area (Å²) in [5.41, 5.74) is 6.47. The van der Waals surface area contributed by atoms with Crippen molar-refractivity contribution in [1.29, 1.82) is 0 Å². The van der Waals surface area contributed by atoms with Crippen LogP contribution in [0.25, 0.3) is 11.2 Å². The number of benzene rings is 1. The monoisotopic (exact) mass is 457 g/mol. The molecule has 1 aromatic carbocycles. The maximum Gasteiger partial charge on any atom is 0.227 e. The topological polar surface area (TPSA) is 72.2 Å². The number of fused-ring (bicyclic) bond motifs is 1. The van der Waals surface area contributed by atoms with Gasteiger partial charge in [0.15, 0.2) is 5.65 Å². The molecule has 1 aliphatic rings. The summed E-state index contributed by atoms with van der Waals surface area (Å²) in [6.07, 6.45) is 8.12. The molecule has 5 rings (SSSR count). The van der Waals surface area contributed by atoms with Gasteiger partial charge in [-0.2, -0.15) is 4.98 Å². The Bertz CT molecular complexity index is 1280. The second-order valence-corrected chi connectivity index (χ2v) is 9.17. The van der Waals surface area contributed by atoms with Crippen molar-refractivity contribution in [2.24, 2.45) is 7.05 Å². The summed E-state index contributed by atoms with van der Waals surface area (Å²) in [6, 6.07) is 10.4. The average Bonchev–Trinajstić information content (AvgIpc) is 3.22. The molecule has 8 nitrogen and oxygen atoms in total. The van der Waals surface area contributed by atoms with Crippen LogP contribution in [0.1, 0.15) is 29.7 Å². The first-order valence-electron chi connectivity index (χ1n) is 11.7. The fourth-order valence-electron chi connectivity index (χ4n) is 4.48. The van der Waals surface area contributed by atoms with Crippen LogP contribution in [-0.2, 0) is 13.5 Å². The lowest BCUT2D eigenvalue weighted by Crippen LogP contribution is -2.39. The van der Waals surface area contributed by atoms with E-state index in [-0.39, 0.29) is 6.10 Å². The number of aromatic nitrogens is 5. The molecule has 0 amide bonds. The van der Waals surface area contributed by atoms with E-state index in [1.165, 1.54) is 16.8 Å². The van der Waals surface area contributed by atoms with Gasteiger partial charge in [0.2, 0.25) is 5.95 Å². The fraction of sp³-hybridized carbons (Fsp3) is 0.385. The van der Waals surface area contributed by atoms with Crippen molar-refractivity contribution in [3.05, 3.63) is 65.9 Å². The van der Waals surface area contributed by atoms with Gasteiger partial charge in [-0.05, 0) is 42.3 Å². The smallest absolute Gasteiger partial charge is 0.227 e. The van der Waals surface area contributed by atoms with Gasteiger partial charge in [0.1, 0.15) is 17.4 Å². The standard InChI is InChI=1S/C26H31N7O/c1-18-5-6-20(31(2)3)15-19(18)16-23-24-25(28-17-32(24)4)30-26(29-23)33-13-9-22(10-14-33)34-21-7-11-27-12-8-21/h5-8,11-12,15,17,22H,9-10,13-14,16H2,1-4H3. The van der Waals surface area contributed by atoms with Crippen molar-refractivity contribution in [1.82, 2.24) is 24.5 Å². The van der Waals surface area contributed by atoms with Crippen LogP contribution in [0.4, 0.5) is 11.6 Å². The van der Waals surface area contributed by atoms with E-state index >= 15 is 0 Å². The van der Waals surface area contributed by atoms with Crippen LogP contribution in [-0.4, -0.2) is 57.8 Å². The van der Waals surface area contributed by atoms with E-state index in [0.29, 0.717) is 0 Å². The first-order valence-corrected chi connectivity index (χ1v) is 11.7. The van der Waals surface area contributed by atoms with Gasteiger partial charge in [-0.3, -0.25) is 4.98 Å². The number of anilines is 2. The van der Waals surface area contributed by atoms with E-state index in [1.807, 2.05) is 30.1 Å². The van der Waals surface area contributed by atoms with Gasteiger partial charge in [0.05, 0.1) is 12.0 Å². The van der Waals surface area contributed by atoms with E-state index in [9.17, 15) is 0 Å². The minimum absolute atomic E-state index is 0.188. The Balaban J connectivity index is 1.39. The lowest BCUT2D eigenvalue weighted by molar-refractivity contribution is 0.170. The Kier molecular flexibility index (Phi) is 6.04. The highest BCUT2D eigenvalue weighted by Gasteiger charge is 2.24. The summed E-state index contributed by atoms with van der Waals surface area (Å²) >= 11 is 0. The summed E-state index contributed by atoms with van der Waals surface area (Å²) in [7, 11) is 6.14. The number of pyridine rings is 1. The van der Waals surface area contributed by atoms with E-state index < -0.39 is 0 Å². The number of rotatable bonds is 6. The number of aryl methyl sites for hydroxylation is 2. The minimum Gasteiger partial charge on any atom is -0.490 e. The summed E-state index contributed by atoms with van der Waals surface area (Å²) in [5, 5.41) is 0. The van der Waals surface area contributed by atoms with Crippen LogP contribution in [0.15, 0.2) is 49.1 Å². The Morgan fingerprint density at radius 2 is 1.82 bits per heavy atom. The molecule has 1 fully saturated rings. The van der Waals surface area contributed by atoms with Crippen LogP contribution in [0.5, 0.6) is 5.75 Å². The molecular weight excluding hydrogens is 426 g/mol. The van der Waals surface area contributed by atoms with Gasteiger partial charge >= 0.3 is 0 Å². The SMILES string of the molecule is Cc1ccc(N(C)C)cc1Cc1nc(N2CCC(Oc3ccncc3)CC2)nc2ncn(C)c12. The molecule has 0 atom stereocenters. The number of nitrogens with zero attached hydrogens (tertiary/aromatic N) is 7. The highest BCUT2D eigenvalue weighted by Crippen LogP contribution is 2.26. The van der Waals surface area contributed by atoms with Crippen molar-refractivity contribution in [2.75, 3.05) is 37.0 Å². The third-order valence-electron chi connectivity index (χ3n) is 6.52. The van der Waals surface area contributed by atoms with Crippen molar-refractivity contribution in [3.63, 3.8) is 0 Å². The zero-order chi connectivity index (χ0) is 23.7. The number of ether oxygens (including phenoxy) is 1. The lowest BCUT2D eigenvalue weighted by atomic mass is 10.0. The Morgan fingerprint density at radius 3 is 2.56 bits per heavy atom. The van der Waals surface area contributed by atoms with E-state index in [4.69, 9.17) is 14.7 Å². The van der Waals surface area contributed by atoms with Crippen molar-refractivity contribution in [3.8, 4) is 5.75 Å². The normalized spacial score (nSPS) is 14.5. The molecule has 1 aliphatic heterocycles. The molecule has 3 aromatic heterocycles. The number of hydrogen-bond acceptors (Lipinski definition) is 7. The second-order valence-electron chi connectivity index (χ2n) is 9.17. The molecule has 0 unspecified atom stereocenters. The number of hydrogen-bond donors (Lipinski definition) is 0. The average molecular weight is 458 g/mol. The van der Waals surface area contributed by atoms with Crippen molar-refractivity contribution < 1.29 is 4.74 Å². The first kappa shape index (κ1) is 22.1. The third-order valence-corrected chi connectivity index (χ3v) is 6.52. The lowest BCUT2D eigenvalue weighted by Gasteiger charge is -2.32. The van der Waals surface area contributed by atoms with Crippen LogP contribution >= 0.6 is 0 Å². The van der Waals surface area contributed by atoms with E-state index in [2.05, 4.69) is 59.0 Å². The quantitative estimate of drug-likeness (QED) is 0.436. The molecule has 34 heavy (non-hydrogen) atoms. The van der Waals surface area contributed by atoms with Crippen molar-refractivity contribution in [2.45, 2.75) is 32.3 Å². The molecular formula is C26H31N7O. The molecule has 0 N–H and O–H groups in total. The Morgan fingerprint density at radius 1 is 1.06 bits per heavy atom. The van der Waals surface area contributed by atoms with E-state index in [1.54, 1.807) is 12.4 Å². The summed E-state index contributed by atoms with van der Waals surface area (Å²) in [4.78, 5) is 22.9. The predicted octanol–water partition coefficient (Wildman–Crippen LogP) is 3.77. The molecule has 1 saturated heterocycles. The maximum absolute atomic E-state index is 6.13. The van der Waals surface area contributed by atoms with Crippen LogP contribution in [0.2, 0.25) is 0 Å². The zero-order valence-electron chi connectivity index (χ0n) is 20.3. The zero-order valence-corrected chi connectivity index (χ0v) is 20.3. The number of imidazole rings is 1. The molecule has 4 aromatic rings. The molecule has 8 heteroatoms. The molecule has 0 spiro atoms. The van der Waals surface area contributed by atoms with Crippen molar-refractivity contribution >= 4 is 22.8 Å². The summed E-state index contributed by atoms with van der Waals surface area (Å²) in [6.45, 7) is 3.86. The van der Waals surface area contributed by atoms with Gasteiger partial charge in [-0.15, -0.1) is 0 Å². The second kappa shape index (κ2) is 9.29. The largest absolute Gasteiger partial charge is 0.490 e. The minimum atomic E-state index is 0.188. The molecule has 176 valence electrons. The molecule has 0 bridgehead atoms. The fourth-order valence-corrected chi connectivity index (χ4v) is 4.48. The summed E-state index contributed by atoms with van der Waals surface area (Å²) < 4.78 is 8.15. The highest BCUT2D eigenvalue weighted by molar-refractivity contribution is 5.75. The molecule has 4 heterocycles. The van der Waals surface area contributed by atoms with Gasteiger partial charge in [-0.25, -0.2) is 9.97 Å². The molecule has 0 radical (unpaired) electrons. The van der Waals surface area contributed by atoms with E-state index in [0.717, 1.165) is 60.9 Å². The Labute approximate surface area is 200 Å². The van der Waals surface area contributed by atoms with Crippen LogP contribution < -0.4 is 14.5 Å². The molecule has 0 saturated carbocycles. The number of piperidine rings is 1. The van der Waals surface area contributed by atoms with Gasteiger partial charge < -0.3 is 19.1 Å². The van der Waals surface area contributed by atoms with Gasteiger partial charge in [0.25, 0.3) is 0 Å².